The number of nitrogens with zero attached hydrogens (tertiary/aromatic N) is 4. The Bertz CT molecular complexity index is 663. The number of amides is 3. The molecule has 0 unspecified atom stereocenters. The van der Waals surface area contributed by atoms with Gasteiger partial charge in [-0.2, -0.15) is 0 Å². The number of aromatic nitrogens is 3. The molecule has 0 radical (unpaired) electrons. The van der Waals surface area contributed by atoms with Crippen molar-refractivity contribution in [2.45, 2.75) is 83.0 Å². The van der Waals surface area contributed by atoms with Gasteiger partial charge in [0.1, 0.15) is 0 Å². The molecular formula is C18H28N6O2. The number of nitrogens with one attached hydrogen (secondary N) is 2. The van der Waals surface area contributed by atoms with E-state index in [0.29, 0.717) is 44.6 Å². The molecule has 0 bridgehead atoms. The average Bonchev–Trinajstić information content (AvgIpc) is 3.37. The van der Waals surface area contributed by atoms with Crippen molar-refractivity contribution in [3.8, 4) is 0 Å². The normalized spacial score (nSPS) is 20.5. The number of carbonyl (C=O) groups is 2. The fourth-order valence-electron chi connectivity index (χ4n) is 3.84. The summed E-state index contributed by atoms with van der Waals surface area (Å²) >= 11 is 0. The molecule has 1 aliphatic heterocycles. The van der Waals surface area contributed by atoms with Crippen LogP contribution in [0.5, 0.6) is 0 Å². The highest BCUT2D eigenvalue weighted by molar-refractivity contribution is 5.77. The van der Waals surface area contributed by atoms with E-state index < -0.39 is 0 Å². The summed E-state index contributed by atoms with van der Waals surface area (Å²) in [7, 11) is 0. The molecule has 2 fully saturated rings. The maximum atomic E-state index is 12.6. The molecule has 4 rings (SSSR count). The van der Waals surface area contributed by atoms with Crippen LogP contribution in [-0.2, 0) is 24.3 Å². The predicted molar refractivity (Wildman–Crippen MR) is 95.3 cm³/mol. The minimum Gasteiger partial charge on any atom is -0.353 e. The number of carbonyl (C=O) groups excluding carboxylic acids is 2. The molecule has 1 aromatic rings. The van der Waals surface area contributed by atoms with Gasteiger partial charge in [-0.3, -0.25) is 4.79 Å². The number of fused-ring (bicyclic) bond motifs is 1. The summed E-state index contributed by atoms with van der Waals surface area (Å²) in [5.74, 6) is 0.0805. The standard InChI is InChI=1S/C18H28N6O2/c25-17(19-14-6-7-14)9-8-15-16-12-23(10-11-24(16)22-21-15)18(26)20-13-4-2-1-3-5-13/h13-14H,1-12H2,(H,19,25)(H,20,26). The zero-order chi connectivity index (χ0) is 17.9. The molecule has 8 nitrogen and oxygen atoms in total. The van der Waals surface area contributed by atoms with E-state index in [4.69, 9.17) is 0 Å². The van der Waals surface area contributed by atoms with Crippen molar-refractivity contribution in [1.82, 2.24) is 30.5 Å². The van der Waals surface area contributed by atoms with E-state index in [2.05, 4.69) is 20.9 Å². The van der Waals surface area contributed by atoms with Crippen LogP contribution in [0.15, 0.2) is 0 Å². The lowest BCUT2D eigenvalue weighted by atomic mass is 9.96. The Kier molecular flexibility index (Phi) is 5.08. The number of aryl methyl sites for hydroxylation is 1. The van der Waals surface area contributed by atoms with Crippen molar-refractivity contribution in [3.63, 3.8) is 0 Å². The largest absolute Gasteiger partial charge is 0.353 e. The SMILES string of the molecule is O=C(CCc1nnn2c1CN(C(=O)NC1CCCCC1)CC2)NC1CC1. The van der Waals surface area contributed by atoms with E-state index >= 15 is 0 Å². The predicted octanol–water partition coefficient (Wildman–Crippen LogP) is 1.35. The smallest absolute Gasteiger partial charge is 0.318 e. The second kappa shape index (κ2) is 7.63. The van der Waals surface area contributed by atoms with Crippen molar-refractivity contribution in [1.29, 1.82) is 0 Å². The molecule has 2 N–H and O–H groups in total. The van der Waals surface area contributed by atoms with Gasteiger partial charge in [0.05, 0.1) is 24.5 Å². The molecular weight excluding hydrogens is 332 g/mol. The fourth-order valence-corrected chi connectivity index (χ4v) is 3.84. The average molecular weight is 360 g/mol. The molecule has 8 heteroatoms. The molecule has 0 atom stereocenters. The number of hydrogen-bond donors (Lipinski definition) is 2. The number of urea groups is 1. The molecule has 26 heavy (non-hydrogen) atoms. The maximum Gasteiger partial charge on any atom is 0.318 e. The molecule has 2 aliphatic carbocycles. The lowest BCUT2D eigenvalue weighted by Gasteiger charge is -2.31. The molecule has 3 amide bonds. The van der Waals surface area contributed by atoms with E-state index in [9.17, 15) is 9.59 Å². The molecule has 3 aliphatic rings. The molecule has 142 valence electrons. The van der Waals surface area contributed by atoms with Crippen LogP contribution < -0.4 is 10.6 Å². The van der Waals surface area contributed by atoms with E-state index in [-0.39, 0.29) is 11.9 Å². The van der Waals surface area contributed by atoms with Gasteiger partial charge in [0, 0.05) is 31.5 Å². The highest BCUT2D eigenvalue weighted by atomic mass is 16.2. The summed E-state index contributed by atoms with van der Waals surface area (Å²) in [5.41, 5.74) is 1.81. The fraction of sp³-hybridized carbons (Fsp3) is 0.778. The monoisotopic (exact) mass is 360 g/mol. The Hall–Kier alpha value is -2.12. The van der Waals surface area contributed by atoms with Gasteiger partial charge in [0.15, 0.2) is 0 Å². The first-order valence-electron chi connectivity index (χ1n) is 9.95. The lowest BCUT2D eigenvalue weighted by Crippen LogP contribution is -2.48. The molecule has 2 saturated carbocycles. The van der Waals surface area contributed by atoms with E-state index in [0.717, 1.165) is 37.1 Å². The quantitative estimate of drug-likeness (QED) is 0.829. The molecule has 0 spiro atoms. The van der Waals surface area contributed by atoms with Crippen LogP contribution in [0.25, 0.3) is 0 Å². The Morgan fingerprint density at radius 3 is 2.54 bits per heavy atom. The van der Waals surface area contributed by atoms with Crippen LogP contribution in [-0.4, -0.2) is 50.5 Å². The Morgan fingerprint density at radius 2 is 1.77 bits per heavy atom. The summed E-state index contributed by atoms with van der Waals surface area (Å²) in [6, 6.07) is 0.712. The van der Waals surface area contributed by atoms with Crippen molar-refractivity contribution in [3.05, 3.63) is 11.4 Å². The molecule has 2 heterocycles. The zero-order valence-corrected chi connectivity index (χ0v) is 15.2. The van der Waals surface area contributed by atoms with Crippen LogP contribution >= 0.6 is 0 Å². The maximum absolute atomic E-state index is 12.6. The number of rotatable bonds is 5. The van der Waals surface area contributed by atoms with Crippen molar-refractivity contribution in [2.24, 2.45) is 0 Å². The van der Waals surface area contributed by atoms with Gasteiger partial charge in [-0.15, -0.1) is 5.10 Å². The second-order valence-electron chi connectivity index (χ2n) is 7.75. The van der Waals surface area contributed by atoms with Gasteiger partial charge in [-0.05, 0) is 25.7 Å². The van der Waals surface area contributed by atoms with Gasteiger partial charge in [-0.1, -0.05) is 24.5 Å². The summed E-state index contributed by atoms with van der Waals surface area (Å²) in [6.45, 7) is 1.83. The van der Waals surface area contributed by atoms with E-state index in [1.165, 1.54) is 19.3 Å². The Balaban J connectivity index is 1.32. The first-order valence-corrected chi connectivity index (χ1v) is 9.95. The van der Waals surface area contributed by atoms with Crippen LogP contribution in [0.2, 0.25) is 0 Å². The van der Waals surface area contributed by atoms with E-state index in [1.54, 1.807) is 0 Å². The van der Waals surface area contributed by atoms with Crippen LogP contribution in [0.1, 0.15) is 62.8 Å². The molecule has 1 aromatic heterocycles. The third-order valence-electron chi connectivity index (χ3n) is 5.59. The topological polar surface area (TPSA) is 92.2 Å². The third-order valence-corrected chi connectivity index (χ3v) is 5.59. The van der Waals surface area contributed by atoms with Gasteiger partial charge in [-0.25, -0.2) is 9.48 Å². The summed E-state index contributed by atoms with van der Waals surface area (Å²) < 4.78 is 1.87. The highest BCUT2D eigenvalue weighted by Gasteiger charge is 2.27. The van der Waals surface area contributed by atoms with E-state index in [1.807, 2.05) is 9.58 Å². The number of hydrogen-bond acceptors (Lipinski definition) is 4. The summed E-state index contributed by atoms with van der Waals surface area (Å²) in [5, 5.41) is 14.6. The summed E-state index contributed by atoms with van der Waals surface area (Å²) in [6.07, 6.45) is 9.04. The van der Waals surface area contributed by atoms with Gasteiger partial charge >= 0.3 is 6.03 Å². The summed E-state index contributed by atoms with van der Waals surface area (Å²) in [4.78, 5) is 26.4. The van der Waals surface area contributed by atoms with Crippen molar-refractivity contribution >= 4 is 11.9 Å². The van der Waals surface area contributed by atoms with Gasteiger partial charge in [0.25, 0.3) is 0 Å². The minimum atomic E-state index is 0.0155. The third kappa shape index (κ3) is 4.16. The lowest BCUT2D eigenvalue weighted by molar-refractivity contribution is -0.121. The van der Waals surface area contributed by atoms with Gasteiger partial charge in [0.2, 0.25) is 5.91 Å². The van der Waals surface area contributed by atoms with Gasteiger partial charge < -0.3 is 15.5 Å². The first kappa shape index (κ1) is 17.3. The highest BCUT2D eigenvalue weighted by Crippen LogP contribution is 2.21. The van der Waals surface area contributed by atoms with Crippen LogP contribution in [0, 0.1) is 0 Å². The van der Waals surface area contributed by atoms with Crippen LogP contribution in [0.3, 0.4) is 0 Å². The first-order chi connectivity index (χ1) is 12.7. The zero-order valence-electron chi connectivity index (χ0n) is 15.2. The Morgan fingerprint density at radius 1 is 1.00 bits per heavy atom. The van der Waals surface area contributed by atoms with Crippen molar-refractivity contribution < 1.29 is 9.59 Å². The minimum absolute atomic E-state index is 0.0155. The Labute approximate surface area is 153 Å². The van der Waals surface area contributed by atoms with Crippen LogP contribution in [0.4, 0.5) is 4.79 Å². The molecule has 0 saturated heterocycles. The molecule has 0 aromatic carbocycles. The van der Waals surface area contributed by atoms with Crippen molar-refractivity contribution in [2.75, 3.05) is 6.54 Å². The second-order valence-corrected chi connectivity index (χ2v) is 7.75.